The van der Waals surface area contributed by atoms with Gasteiger partial charge in [0.05, 0.1) is 5.52 Å². The SMILES string of the molecule is C.CCCCCn1nc(C(=O)NC(C(N)=O)C(C)(C)C)c2ccccc21. The third kappa shape index (κ3) is 4.84. The molecule has 1 atom stereocenters. The summed E-state index contributed by atoms with van der Waals surface area (Å²) in [7, 11) is 0. The maximum Gasteiger partial charge on any atom is 0.273 e. The molecule has 144 valence electrons. The van der Waals surface area contributed by atoms with Gasteiger partial charge in [0.15, 0.2) is 5.69 Å². The molecule has 0 radical (unpaired) electrons. The predicted molar refractivity (Wildman–Crippen MR) is 106 cm³/mol. The number of amides is 2. The van der Waals surface area contributed by atoms with E-state index >= 15 is 0 Å². The summed E-state index contributed by atoms with van der Waals surface area (Å²) in [6.07, 6.45) is 3.25. The van der Waals surface area contributed by atoms with Crippen LogP contribution in [0.1, 0.15) is 64.9 Å². The van der Waals surface area contributed by atoms with Crippen molar-refractivity contribution in [3.05, 3.63) is 30.0 Å². The van der Waals surface area contributed by atoms with Crippen molar-refractivity contribution in [2.75, 3.05) is 0 Å². The molecule has 2 amide bonds. The van der Waals surface area contributed by atoms with Gasteiger partial charge >= 0.3 is 0 Å². The smallest absolute Gasteiger partial charge is 0.273 e. The van der Waals surface area contributed by atoms with E-state index in [9.17, 15) is 9.59 Å². The molecule has 1 aromatic carbocycles. The number of nitrogens with one attached hydrogen (secondary N) is 1. The number of hydrogen-bond acceptors (Lipinski definition) is 3. The third-order valence-corrected chi connectivity index (χ3v) is 4.27. The minimum absolute atomic E-state index is 0. The van der Waals surface area contributed by atoms with Crippen LogP contribution >= 0.6 is 0 Å². The van der Waals surface area contributed by atoms with Gasteiger partial charge in [0.25, 0.3) is 5.91 Å². The Morgan fingerprint density at radius 1 is 1.23 bits per heavy atom. The maximum absolute atomic E-state index is 12.8. The maximum atomic E-state index is 12.8. The summed E-state index contributed by atoms with van der Waals surface area (Å²) >= 11 is 0. The molecule has 3 N–H and O–H groups in total. The number of benzene rings is 1. The molecular weight excluding hydrogens is 328 g/mol. The molecule has 2 rings (SSSR count). The number of primary amides is 1. The highest BCUT2D eigenvalue weighted by Gasteiger charge is 2.32. The summed E-state index contributed by atoms with van der Waals surface area (Å²) in [4.78, 5) is 24.5. The first kappa shape index (κ1) is 21.7. The summed E-state index contributed by atoms with van der Waals surface area (Å²) in [6, 6.07) is 6.89. The van der Waals surface area contributed by atoms with Crippen LogP contribution in [-0.4, -0.2) is 27.6 Å². The Morgan fingerprint density at radius 2 is 1.88 bits per heavy atom. The van der Waals surface area contributed by atoms with Crippen LogP contribution in [0.5, 0.6) is 0 Å². The molecule has 0 aliphatic heterocycles. The van der Waals surface area contributed by atoms with E-state index in [1.807, 2.05) is 49.7 Å². The van der Waals surface area contributed by atoms with Crippen molar-refractivity contribution >= 4 is 22.7 Å². The molecule has 0 bridgehead atoms. The minimum atomic E-state index is -0.760. The molecule has 6 nitrogen and oxygen atoms in total. The van der Waals surface area contributed by atoms with Gasteiger partial charge in [-0.15, -0.1) is 0 Å². The van der Waals surface area contributed by atoms with E-state index in [1.54, 1.807) is 0 Å². The van der Waals surface area contributed by atoms with Crippen molar-refractivity contribution in [1.82, 2.24) is 15.1 Å². The molecule has 1 heterocycles. The summed E-state index contributed by atoms with van der Waals surface area (Å²) in [6.45, 7) is 8.51. The van der Waals surface area contributed by atoms with Crippen molar-refractivity contribution in [2.24, 2.45) is 11.1 Å². The van der Waals surface area contributed by atoms with Gasteiger partial charge in [-0.25, -0.2) is 0 Å². The van der Waals surface area contributed by atoms with Crippen LogP contribution in [0, 0.1) is 5.41 Å². The fourth-order valence-corrected chi connectivity index (χ4v) is 2.89. The van der Waals surface area contributed by atoms with Crippen LogP contribution in [-0.2, 0) is 11.3 Å². The Hall–Kier alpha value is -2.37. The third-order valence-electron chi connectivity index (χ3n) is 4.27. The van der Waals surface area contributed by atoms with Gasteiger partial charge in [0.2, 0.25) is 5.91 Å². The summed E-state index contributed by atoms with van der Waals surface area (Å²) in [5, 5.41) is 8.05. The summed E-state index contributed by atoms with van der Waals surface area (Å²) in [5.41, 5.74) is 6.26. The number of carbonyl (C=O) groups is 2. The normalized spacial score (nSPS) is 12.5. The van der Waals surface area contributed by atoms with E-state index in [1.165, 1.54) is 0 Å². The zero-order chi connectivity index (χ0) is 18.6. The second-order valence-electron chi connectivity index (χ2n) is 7.47. The fourth-order valence-electron chi connectivity index (χ4n) is 2.89. The number of aromatic nitrogens is 2. The zero-order valence-electron chi connectivity index (χ0n) is 15.5. The minimum Gasteiger partial charge on any atom is -0.368 e. The van der Waals surface area contributed by atoms with Gasteiger partial charge in [0.1, 0.15) is 6.04 Å². The number of fused-ring (bicyclic) bond motifs is 1. The molecule has 0 saturated carbocycles. The highest BCUT2D eigenvalue weighted by molar-refractivity contribution is 6.06. The highest BCUT2D eigenvalue weighted by atomic mass is 16.2. The molecule has 1 unspecified atom stereocenters. The summed E-state index contributed by atoms with van der Waals surface area (Å²) in [5.74, 6) is -0.920. The van der Waals surface area contributed by atoms with E-state index in [-0.39, 0.29) is 13.3 Å². The lowest BCUT2D eigenvalue weighted by molar-refractivity contribution is -0.122. The van der Waals surface area contributed by atoms with E-state index in [2.05, 4.69) is 17.3 Å². The average Bonchev–Trinajstić information content (AvgIpc) is 2.90. The monoisotopic (exact) mass is 360 g/mol. The number of nitrogens with zero attached hydrogens (tertiary/aromatic N) is 2. The second kappa shape index (κ2) is 8.83. The van der Waals surface area contributed by atoms with Crippen molar-refractivity contribution in [2.45, 2.75) is 67.0 Å². The van der Waals surface area contributed by atoms with Gasteiger partial charge in [0, 0.05) is 11.9 Å². The largest absolute Gasteiger partial charge is 0.368 e. The number of unbranched alkanes of at least 4 members (excludes halogenated alkanes) is 2. The van der Waals surface area contributed by atoms with Gasteiger partial charge in [-0.3, -0.25) is 14.3 Å². The van der Waals surface area contributed by atoms with E-state index in [0.29, 0.717) is 5.69 Å². The lowest BCUT2D eigenvalue weighted by Gasteiger charge is -2.28. The number of aryl methyl sites for hydroxylation is 1. The van der Waals surface area contributed by atoms with E-state index in [4.69, 9.17) is 5.73 Å². The second-order valence-corrected chi connectivity index (χ2v) is 7.47. The number of rotatable bonds is 7. The number of hydrogen-bond donors (Lipinski definition) is 2. The quantitative estimate of drug-likeness (QED) is 0.741. The van der Waals surface area contributed by atoms with Crippen molar-refractivity contribution in [3.63, 3.8) is 0 Å². The van der Waals surface area contributed by atoms with Crippen molar-refractivity contribution < 1.29 is 9.59 Å². The standard InChI is InChI=1S/C19H28N4O2.CH4/c1-5-6-9-12-23-14-11-8-7-10-13(14)15(22-23)18(25)21-16(17(20)24)19(2,3)4;/h7-8,10-11,16H,5-6,9,12H2,1-4H3,(H2,20,24)(H,21,25);1H4. The molecule has 0 saturated heterocycles. The summed E-state index contributed by atoms with van der Waals surface area (Å²) < 4.78 is 1.87. The zero-order valence-corrected chi connectivity index (χ0v) is 15.5. The Balaban J connectivity index is 0.00000338. The Kier molecular flexibility index (Phi) is 7.36. The molecule has 2 aromatic rings. The van der Waals surface area contributed by atoms with Crippen molar-refractivity contribution in [3.8, 4) is 0 Å². The number of para-hydroxylation sites is 1. The van der Waals surface area contributed by atoms with Crippen molar-refractivity contribution in [1.29, 1.82) is 0 Å². The molecule has 0 spiro atoms. The Labute approximate surface area is 156 Å². The molecule has 26 heavy (non-hydrogen) atoms. The Bertz CT molecular complexity index is 759. The lowest BCUT2D eigenvalue weighted by Crippen LogP contribution is -2.52. The van der Waals surface area contributed by atoms with E-state index < -0.39 is 17.4 Å². The molecule has 0 aliphatic carbocycles. The van der Waals surface area contributed by atoms with Gasteiger partial charge < -0.3 is 11.1 Å². The lowest BCUT2D eigenvalue weighted by atomic mass is 9.86. The van der Waals surface area contributed by atoms with Crippen LogP contribution in [0.4, 0.5) is 0 Å². The van der Waals surface area contributed by atoms with Crippen LogP contribution in [0.2, 0.25) is 0 Å². The topological polar surface area (TPSA) is 90.0 Å². The van der Waals surface area contributed by atoms with Gasteiger partial charge in [-0.1, -0.05) is 66.2 Å². The highest BCUT2D eigenvalue weighted by Crippen LogP contribution is 2.22. The molecule has 6 heteroatoms. The fraction of sp³-hybridized carbons (Fsp3) is 0.550. The predicted octanol–water partition coefficient (Wildman–Crippen LogP) is 3.49. The average molecular weight is 361 g/mol. The van der Waals surface area contributed by atoms with Crippen LogP contribution < -0.4 is 11.1 Å². The number of nitrogens with two attached hydrogens (primary N) is 1. The molecule has 0 fully saturated rings. The van der Waals surface area contributed by atoms with Crippen LogP contribution in [0.3, 0.4) is 0 Å². The van der Waals surface area contributed by atoms with E-state index in [0.717, 1.165) is 36.7 Å². The first-order valence-electron chi connectivity index (χ1n) is 8.81. The first-order chi connectivity index (χ1) is 11.8. The van der Waals surface area contributed by atoms with Gasteiger partial charge in [-0.05, 0) is 17.9 Å². The first-order valence-corrected chi connectivity index (χ1v) is 8.81. The molecular formula is C20H32N4O2. The van der Waals surface area contributed by atoms with Gasteiger partial charge in [-0.2, -0.15) is 5.10 Å². The van der Waals surface area contributed by atoms with Crippen LogP contribution in [0.25, 0.3) is 10.9 Å². The molecule has 0 aliphatic rings. The molecule has 1 aromatic heterocycles. The van der Waals surface area contributed by atoms with Crippen LogP contribution in [0.15, 0.2) is 24.3 Å². The number of carbonyl (C=O) groups excluding carboxylic acids is 2. The Morgan fingerprint density at radius 3 is 2.46 bits per heavy atom.